The number of amides is 2. The van der Waals surface area contributed by atoms with Crippen LogP contribution in [0.25, 0.3) is 0 Å². The fraction of sp³-hybridized carbons (Fsp3) is 0.480. The van der Waals surface area contributed by atoms with Crippen LogP contribution in [-0.4, -0.2) is 66.0 Å². The Bertz CT molecular complexity index is 942. The van der Waals surface area contributed by atoms with Crippen LogP contribution in [0.1, 0.15) is 48.0 Å². The first-order valence-corrected chi connectivity index (χ1v) is 11.5. The lowest BCUT2D eigenvalue weighted by atomic mass is 10.1. The third-order valence-corrected chi connectivity index (χ3v) is 6.18. The lowest BCUT2D eigenvalue weighted by molar-refractivity contribution is -0.130. The van der Waals surface area contributed by atoms with Gasteiger partial charge in [0.1, 0.15) is 17.4 Å². The molecule has 2 aromatic rings. The van der Waals surface area contributed by atoms with Crippen LogP contribution in [0.4, 0.5) is 0 Å². The number of carbonyl (C=O) groups excluding carboxylic acids is 2. The van der Waals surface area contributed by atoms with Gasteiger partial charge in [-0.25, -0.2) is 4.98 Å². The Kier molecular flexibility index (Phi) is 7.24. The quantitative estimate of drug-likeness (QED) is 0.664. The second-order valence-electron chi connectivity index (χ2n) is 8.43. The zero-order valence-electron chi connectivity index (χ0n) is 18.7. The highest BCUT2D eigenvalue weighted by molar-refractivity contribution is 5.96. The molecule has 0 radical (unpaired) electrons. The SMILES string of the molecule is COc1cccc(CCC(=O)N2CCC(Oc3ncccc3C(=O)N3CCCCC3)C2)c1. The smallest absolute Gasteiger partial charge is 0.259 e. The lowest BCUT2D eigenvalue weighted by Crippen LogP contribution is -2.36. The van der Waals surface area contributed by atoms with Crippen molar-refractivity contribution in [3.8, 4) is 11.6 Å². The van der Waals surface area contributed by atoms with Crippen LogP contribution < -0.4 is 9.47 Å². The third kappa shape index (κ3) is 5.39. The van der Waals surface area contributed by atoms with Crippen molar-refractivity contribution < 1.29 is 19.1 Å². The van der Waals surface area contributed by atoms with Crippen molar-refractivity contribution in [3.05, 3.63) is 53.7 Å². The molecule has 0 spiro atoms. The van der Waals surface area contributed by atoms with Gasteiger partial charge < -0.3 is 19.3 Å². The van der Waals surface area contributed by atoms with Gasteiger partial charge in [0.15, 0.2) is 0 Å². The predicted molar refractivity (Wildman–Crippen MR) is 121 cm³/mol. The summed E-state index contributed by atoms with van der Waals surface area (Å²) in [5.74, 6) is 1.27. The van der Waals surface area contributed by atoms with Crippen LogP contribution in [0.15, 0.2) is 42.6 Å². The Morgan fingerprint density at radius 1 is 1.06 bits per heavy atom. The number of methoxy groups -OCH3 is 1. The molecule has 3 heterocycles. The largest absolute Gasteiger partial charge is 0.497 e. The first-order valence-electron chi connectivity index (χ1n) is 11.5. The number of nitrogens with zero attached hydrogens (tertiary/aromatic N) is 3. The Morgan fingerprint density at radius 3 is 2.72 bits per heavy atom. The van der Waals surface area contributed by atoms with E-state index in [1.165, 1.54) is 6.42 Å². The number of benzene rings is 1. The normalized spacial score (nSPS) is 18.5. The van der Waals surface area contributed by atoms with Crippen molar-refractivity contribution in [2.75, 3.05) is 33.3 Å². The maximum atomic E-state index is 13.0. The van der Waals surface area contributed by atoms with E-state index in [4.69, 9.17) is 9.47 Å². The molecule has 1 aromatic carbocycles. The van der Waals surface area contributed by atoms with Gasteiger partial charge in [-0.1, -0.05) is 12.1 Å². The van der Waals surface area contributed by atoms with Gasteiger partial charge in [-0.15, -0.1) is 0 Å². The van der Waals surface area contributed by atoms with Crippen LogP contribution in [0, 0.1) is 0 Å². The van der Waals surface area contributed by atoms with E-state index in [2.05, 4.69) is 4.98 Å². The molecule has 2 amide bonds. The van der Waals surface area contributed by atoms with Gasteiger partial charge in [-0.3, -0.25) is 9.59 Å². The molecule has 170 valence electrons. The molecular formula is C25H31N3O4. The van der Waals surface area contributed by atoms with Gasteiger partial charge in [0.25, 0.3) is 5.91 Å². The van der Waals surface area contributed by atoms with Crippen LogP contribution in [0.5, 0.6) is 11.6 Å². The van der Waals surface area contributed by atoms with Crippen molar-refractivity contribution in [2.45, 2.75) is 44.6 Å². The summed E-state index contributed by atoms with van der Waals surface area (Å²) < 4.78 is 11.4. The first kappa shape index (κ1) is 22.1. The number of ether oxygens (including phenoxy) is 2. The van der Waals surface area contributed by atoms with Gasteiger partial charge in [0.05, 0.1) is 13.7 Å². The summed E-state index contributed by atoms with van der Waals surface area (Å²) in [7, 11) is 1.64. The van der Waals surface area contributed by atoms with Crippen molar-refractivity contribution in [3.63, 3.8) is 0 Å². The lowest BCUT2D eigenvalue weighted by Gasteiger charge is -2.27. The van der Waals surface area contributed by atoms with E-state index < -0.39 is 0 Å². The van der Waals surface area contributed by atoms with Gasteiger partial charge in [-0.05, 0) is 55.5 Å². The van der Waals surface area contributed by atoms with Crippen LogP contribution in [-0.2, 0) is 11.2 Å². The Hall–Kier alpha value is -3.09. The van der Waals surface area contributed by atoms with Crippen LogP contribution in [0.2, 0.25) is 0 Å². The van der Waals surface area contributed by atoms with Crippen molar-refractivity contribution in [2.24, 2.45) is 0 Å². The topological polar surface area (TPSA) is 72.0 Å². The maximum absolute atomic E-state index is 13.0. The second kappa shape index (κ2) is 10.5. The molecule has 2 aliphatic rings. The standard InChI is InChI=1S/C25H31N3O4/c1-31-20-8-5-7-19(17-20)10-11-23(29)28-16-12-21(18-28)32-24-22(9-6-13-26-24)25(30)27-14-3-2-4-15-27/h5-9,13,17,21H,2-4,10-12,14-16,18H2,1H3. The molecule has 7 nitrogen and oxygen atoms in total. The van der Waals surface area contributed by atoms with Gasteiger partial charge in [-0.2, -0.15) is 0 Å². The highest BCUT2D eigenvalue weighted by Crippen LogP contribution is 2.24. The third-order valence-electron chi connectivity index (χ3n) is 6.18. The minimum absolute atomic E-state index is 0.0166. The number of carbonyl (C=O) groups is 2. The number of pyridine rings is 1. The minimum atomic E-state index is -0.154. The molecule has 7 heteroatoms. The summed E-state index contributed by atoms with van der Waals surface area (Å²) >= 11 is 0. The van der Waals surface area contributed by atoms with E-state index in [0.717, 1.165) is 43.7 Å². The number of hydrogen-bond acceptors (Lipinski definition) is 5. The van der Waals surface area contributed by atoms with Gasteiger partial charge >= 0.3 is 0 Å². The van der Waals surface area contributed by atoms with Crippen molar-refractivity contribution >= 4 is 11.8 Å². The molecule has 2 fully saturated rings. The molecule has 1 aromatic heterocycles. The molecule has 1 atom stereocenters. The zero-order chi connectivity index (χ0) is 22.3. The molecule has 0 N–H and O–H groups in total. The Morgan fingerprint density at radius 2 is 1.91 bits per heavy atom. The fourth-order valence-electron chi connectivity index (χ4n) is 4.36. The van der Waals surface area contributed by atoms with Crippen LogP contribution >= 0.6 is 0 Å². The first-order chi connectivity index (χ1) is 15.6. The molecule has 1 unspecified atom stereocenters. The average molecular weight is 438 g/mol. The van der Waals surface area contributed by atoms with Gasteiger partial charge in [0.2, 0.25) is 11.8 Å². The molecular weight excluding hydrogens is 406 g/mol. The summed E-state index contributed by atoms with van der Waals surface area (Å²) in [5, 5.41) is 0. The van der Waals surface area contributed by atoms with E-state index in [9.17, 15) is 9.59 Å². The zero-order valence-corrected chi connectivity index (χ0v) is 18.7. The predicted octanol–water partition coefficient (Wildman–Crippen LogP) is 3.33. The Labute approximate surface area is 189 Å². The molecule has 32 heavy (non-hydrogen) atoms. The summed E-state index contributed by atoms with van der Waals surface area (Å²) in [6.07, 6.45) is 6.60. The van der Waals surface area contributed by atoms with E-state index >= 15 is 0 Å². The van der Waals surface area contributed by atoms with Crippen molar-refractivity contribution in [1.29, 1.82) is 0 Å². The molecule has 0 aliphatic carbocycles. The molecule has 4 rings (SSSR count). The number of likely N-dealkylation sites (tertiary alicyclic amines) is 2. The number of hydrogen-bond donors (Lipinski definition) is 0. The van der Waals surface area contributed by atoms with Crippen molar-refractivity contribution in [1.82, 2.24) is 14.8 Å². The number of aryl methyl sites for hydroxylation is 1. The van der Waals surface area contributed by atoms with Gasteiger partial charge in [0, 0.05) is 38.7 Å². The average Bonchev–Trinajstić information content (AvgIpc) is 3.32. The van der Waals surface area contributed by atoms with Crippen LogP contribution in [0.3, 0.4) is 0 Å². The molecule has 0 saturated carbocycles. The van der Waals surface area contributed by atoms with E-state index in [-0.39, 0.29) is 17.9 Å². The molecule has 2 saturated heterocycles. The number of aromatic nitrogens is 1. The minimum Gasteiger partial charge on any atom is -0.497 e. The maximum Gasteiger partial charge on any atom is 0.259 e. The fourth-order valence-corrected chi connectivity index (χ4v) is 4.36. The van der Waals surface area contributed by atoms with E-state index in [0.29, 0.717) is 37.4 Å². The van der Waals surface area contributed by atoms with E-state index in [1.54, 1.807) is 25.4 Å². The second-order valence-corrected chi connectivity index (χ2v) is 8.43. The summed E-state index contributed by atoms with van der Waals surface area (Å²) in [4.78, 5) is 33.7. The molecule has 0 bridgehead atoms. The summed E-state index contributed by atoms with van der Waals surface area (Å²) in [5.41, 5.74) is 1.59. The molecule has 2 aliphatic heterocycles. The van der Waals surface area contributed by atoms with E-state index in [1.807, 2.05) is 34.1 Å². The monoisotopic (exact) mass is 437 g/mol. The summed E-state index contributed by atoms with van der Waals surface area (Å²) in [6.45, 7) is 2.74. The Balaban J connectivity index is 1.32. The highest BCUT2D eigenvalue weighted by Gasteiger charge is 2.29. The number of piperidine rings is 1. The highest BCUT2D eigenvalue weighted by atomic mass is 16.5. The summed E-state index contributed by atoms with van der Waals surface area (Å²) in [6, 6.07) is 11.4. The number of rotatable bonds is 7.